The number of Topliss-reactive ketones (excluding diaryl/α,β-unsaturated/α-hetero) is 2. The van der Waals surface area contributed by atoms with E-state index in [1.54, 1.807) is 12.1 Å². The molecule has 13 atom stereocenters. The number of epoxide rings is 1. The number of ketones is 2. The number of carbonyl (C=O) groups excluding carboxylic acids is 2. The first-order valence-corrected chi connectivity index (χ1v) is 21.4. The Morgan fingerprint density at radius 2 is 1.73 bits per heavy atom. The molecule has 2 aromatic rings. The Morgan fingerprint density at radius 1 is 0.964 bits per heavy atom. The van der Waals surface area contributed by atoms with Crippen LogP contribution < -0.4 is 5.73 Å². The van der Waals surface area contributed by atoms with Crippen molar-refractivity contribution in [1.29, 1.82) is 0 Å². The topological polar surface area (TPSA) is 133 Å². The molecule has 7 aliphatic rings. The SMILES string of the molecule is C[C@H](C[C@@H](O)[C@H]1O[C@]1(C)[C@H]1CCC[C@@H]1c1cccc(N)c1)C1=C2CC[C@@H]3[C@]4(C)C[C@]5(c6cccc(O)c6)CCC[C@@]2(CC1=O)[C@]3(C)C[C@H](O)[C@H]4C(C)(C)C5=O. The second-order valence-electron chi connectivity index (χ2n) is 20.8. The van der Waals surface area contributed by atoms with Crippen molar-refractivity contribution in [1.82, 2.24) is 0 Å². The molecule has 0 amide bonds. The van der Waals surface area contributed by atoms with Crippen molar-refractivity contribution in [3.63, 3.8) is 0 Å². The van der Waals surface area contributed by atoms with Gasteiger partial charge >= 0.3 is 0 Å². The molecule has 9 rings (SSSR count). The molecule has 5 N–H and O–H groups in total. The lowest BCUT2D eigenvalue weighted by Crippen LogP contribution is -2.70. The number of allylic oxidation sites excluding steroid dienone is 2. The van der Waals surface area contributed by atoms with Gasteiger partial charge in [-0.05, 0) is 140 Å². The molecule has 5 saturated carbocycles. The number of phenols is 1. The van der Waals surface area contributed by atoms with E-state index in [9.17, 15) is 20.1 Å². The number of rotatable bonds is 7. The minimum atomic E-state index is -0.783. The number of carbonyl (C=O) groups is 2. The molecule has 7 heteroatoms. The van der Waals surface area contributed by atoms with Crippen LogP contribution in [0.1, 0.15) is 136 Å². The van der Waals surface area contributed by atoms with Crippen LogP contribution in [0, 0.1) is 45.3 Å². The molecule has 1 saturated heterocycles. The molecule has 5 bridgehead atoms. The first-order chi connectivity index (χ1) is 25.9. The summed E-state index contributed by atoms with van der Waals surface area (Å²) in [6.07, 6.45) is 7.78. The molecular formula is C48H63NO6. The maximum atomic E-state index is 15.0. The Morgan fingerprint density at radius 3 is 2.47 bits per heavy atom. The zero-order chi connectivity index (χ0) is 39.1. The molecule has 6 fully saturated rings. The van der Waals surface area contributed by atoms with E-state index in [1.165, 1.54) is 11.1 Å². The molecule has 0 unspecified atom stereocenters. The largest absolute Gasteiger partial charge is 0.508 e. The van der Waals surface area contributed by atoms with Crippen molar-refractivity contribution in [3.8, 4) is 5.75 Å². The lowest BCUT2D eigenvalue weighted by atomic mass is 9.33. The monoisotopic (exact) mass is 749 g/mol. The molecule has 1 spiro atoms. The molecule has 1 heterocycles. The Bertz CT molecular complexity index is 1970. The Labute approximate surface area is 327 Å². The van der Waals surface area contributed by atoms with E-state index in [0.717, 1.165) is 61.8 Å². The van der Waals surface area contributed by atoms with Crippen molar-refractivity contribution in [3.05, 3.63) is 70.8 Å². The highest BCUT2D eigenvalue weighted by atomic mass is 16.6. The van der Waals surface area contributed by atoms with Crippen molar-refractivity contribution >= 4 is 17.3 Å². The smallest absolute Gasteiger partial charge is 0.160 e. The van der Waals surface area contributed by atoms with Crippen LogP contribution in [-0.2, 0) is 19.7 Å². The fourth-order valence-electron chi connectivity index (χ4n) is 16.0. The zero-order valence-corrected chi connectivity index (χ0v) is 33.9. The number of ether oxygens (including phenoxy) is 1. The van der Waals surface area contributed by atoms with Crippen LogP contribution in [0.15, 0.2) is 59.7 Å². The summed E-state index contributed by atoms with van der Waals surface area (Å²) in [5.41, 5.74) is 8.24. The maximum absolute atomic E-state index is 15.0. The lowest BCUT2D eigenvalue weighted by Gasteiger charge is -2.70. The first kappa shape index (κ1) is 37.6. The van der Waals surface area contributed by atoms with Gasteiger partial charge in [0, 0.05) is 28.9 Å². The van der Waals surface area contributed by atoms with Crippen molar-refractivity contribution in [2.24, 2.45) is 45.3 Å². The number of fused-ring (bicyclic) bond motifs is 1. The van der Waals surface area contributed by atoms with E-state index in [4.69, 9.17) is 10.5 Å². The molecule has 7 nitrogen and oxygen atoms in total. The Kier molecular flexibility index (Phi) is 8.37. The third-order valence-electron chi connectivity index (χ3n) is 17.7. The number of anilines is 1. The van der Waals surface area contributed by atoms with E-state index in [2.05, 4.69) is 53.7 Å². The van der Waals surface area contributed by atoms with Gasteiger partial charge in [0.2, 0.25) is 0 Å². The number of aliphatic hydroxyl groups is 2. The van der Waals surface area contributed by atoms with Gasteiger partial charge < -0.3 is 25.8 Å². The van der Waals surface area contributed by atoms with E-state index in [0.29, 0.717) is 43.9 Å². The molecule has 0 radical (unpaired) electrons. The fourth-order valence-corrected chi connectivity index (χ4v) is 16.0. The van der Waals surface area contributed by atoms with E-state index < -0.39 is 34.1 Å². The highest BCUT2D eigenvalue weighted by Crippen LogP contribution is 2.77. The molecule has 2 aromatic carbocycles. The van der Waals surface area contributed by atoms with Crippen LogP contribution in [-0.4, -0.2) is 50.8 Å². The van der Waals surface area contributed by atoms with E-state index in [-0.39, 0.29) is 52.0 Å². The molecule has 6 aliphatic carbocycles. The number of benzene rings is 2. The summed E-state index contributed by atoms with van der Waals surface area (Å²) >= 11 is 0. The number of phenolic OH excluding ortho intramolecular Hbond substituents is 1. The second kappa shape index (κ2) is 12.3. The lowest BCUT2D eigenvalue weighted by molar-refractivity contribution is -0.225. The highest BCUT2D eigenvalue weighted by Gasteiger charge is 2.75. The number of nitrogen functional groups attached to an aromatic ring is 1. The third-order valence-corrected chi connectivity index (χ3v) is 17.7. The average molecular weight is 750 g/mol. The highest BCUT2D eigenvalue weighted by molar-refractivity contribution is 6.01. The number of hydrogen-bond acceptors (Lipinski definition) is 7. The second-order valence-corrected chi connectivity index (χ2v) is 20.8. The fraction of sp³-hybridized carbons (Fsp3) is 0.667. The molecular weight excluding hydrogens is 687 g/mol. The summed E-state index contributed by atoms with van der Waals surface area (Å²) in [4.78, 5) is 29.7. The van der Waals surface area contributed by atoms with Gasteiger partial charge in [-0.25, -0.2) is 0 Å². The predicted octanol–water partition coefficient (Wildman–Crippen LogP) is 8.58. The Balaban J connectivity index is 1.05. The summed E-state index contributed by atoms with van der Waals surface area (Å²) in [5.74, 6) is 1.10. The van der Waals surface area contributed by atoms with Gasteiger partial charge in [0.1, 0.15) is 17.6 Å². The van der Waals surface area contributed by atoms with E-state index >= 15 is 4.79 Å². The molecule has 55 heavy (non-hydrogen) atoms. The molecule has 0 aromatic heterocycles. The summed E-state index contributed by atoms with van der Waals surface area (Å²) in [6.45, 7) is 13.2. The van der Waals surface area contributed by atoms with Crippen LogP contribution in [0.5, 0.6) is 5.75 Å². The predicted molar refractivity (Wildman–Crippen MR) is 213 cm³/mol. The third kappa shape index (κ3) is 5.03. The number of aromatic hydroxyl groups is 1. The van der Waals surface area contributed by atoms with Gasteiger partial charge in [-0.1, -0.05) is 77.3 Å². The normalized spacial score (nSPS) is 44.1. The quantitative estimate of drug-likeness (QED) is 0.165. The van der Waals surface area contributed by atoms with Gasteiger partial charge in [0.05, 0.1) is 23.2 Å². The van der Waals surface area contributed by atoms with Crippen molar-refractivity contribution in [2.45, 2.75) is 154 Å². The minimum absolute atomic E-state index is 0.123. The van der Waals surface area contributed by atoms with Crippen molar-refractivity contribution < 1.29 is 29.6 Å². The first-order valence-electron chi connectivity index (χ1n) is 21.4. The number of aliphatic hydroxyl groups excluding tert-OH is 2. The maximum Gasteiger partial charge on any atom is 0.160 e. The Hall–Kier alpha value is -3.00. The van der Waals surface area contributed by atoms with Gasteiger partial charge in [-0.15, -0.1) is 0 Å². The molecule has 296 valence electrons. The number of nitrogens with two attached hydrogens (primary N) is 1. The summed E-state index contributed by atoms with van der Waals surface area (Å²) < 4.78 is 6.48. The van der Waals surface area contributed by atoms with Crippen LogP contribution in [0.2, 0.25) is 0 Å². The zero-order valence-electron chi connectivity index (χ0n) is 33.9. The minimum Gasteiger partial charge on any atom is -0.508 e. The van der Waals surface area contributed by atoms with Gasteiger partial charge in [0.15, 0.2) is 5.78 Å². The summed E-state index contributed by atoms with van der Waals surface area (Å²) in [6, 6.07) is 15.6. The van der Waals surface area contributed by atoms with Gasteiger partial charge in [-0.2, -0.15) is 0 Å². The summed E-state index contributed by atoms with van der Waals surface area (Å²) in [5, 5.41) is 35.0. The standard InChI is InChI=1S/C48H63NO6/c1-27(21-35(51)41-46(6,55-41)33-16-9-15-32(33)28-11-7-13-30(49)22-28)39-34-17-18-38-44(4)26-47(29-12-8-14-31(50)23-29)19-10-20-48(34,25-36(39)52)45(38,5)24-37(53)40(44)43(2,3)42(47)54/h7-8,11-14,22-23,27,32-33,35,37-38,40-41,50-51,53H,9-10,15-21,24-26,49H2,1-6H3/t27-,32-,33+,35-,37+,38-,40+,41-,44+,45-,46-,47+,48+/m1/s1. The van der Waals surface area contributed by atoms with Crippen LogP contribution >= 0.6 is 0 Å². The van der Waals surface area contributed by atoms with E-state index in [1.807, 2.05) is 24.3 Å². The van der Waals surface area contributed by atoms with Crippen LogP contribution in [0.25, 0.3) is 0 Å². The number of hydrogen-bond donors (Lipinski definition) is 4. The van der Waals surface area contributed by atoms with Gasteiger partial charge in [0.25, 0.3) is 0 Å². The van der Waals surface area contributed by atoms with Crippen molar-refractivity contribution in [2.75, 3.05) is 5.73 Å². The van der Waals surface area contributed by atoms with Crippen LogP contribution in [0.3, 0.4) is 0 Å². The molecule has 1 aliphatic heterocycles. The van der Waals surface area contributed by atoms with Crippen LogP contribution in [0.4, 0.5) is 5.69 Å². The van der Waals surface area contributed by atoms with Gasteiger partial charge in [-0.3, -0.25) is 9.59 Å². The average Bonchev–Trinajstić information content (AvgIpc) is 3.41. The summed E-state index contributed by atoms with van der Waals surface area (Å²) in [7, 11) is 0.